The lowest BCUT2D eigenvalue weighted by Crippen LogP contribution is -2.47. The molecule has 1 fully saturated rings. The topological polar surface area (TPSA) is 20.2 Å². The van der Waals surface area contributed by atoms with E-state index in [1.807, 2.05) is 0 Å². The Morgan fingerprint density at radius 3 is 1.56 bits per heavy atom. The van der Waals surface area contributed by atoms with Crippen molar-refractivity contribution in [1.82, 2.24) is 0 Å². The van der Waals surface area contributed by atoms with Crippen LogP contribution in [-0.2, 0) is 0 Å². The summed E-state index contributed by atoms with van der Waals surface area (Å²) in [7, 11) is 0. The maximum Gasteiger partial charge on any atom is 0.403 e. The van der Waals surface area contributed by atoms with Gasteiger partial charge in [-0.05, 0) is 18.8 Å². The van der Waals surface area contributed by atoms with Gasteiger partial charge in [-0.15, -0.1) is 0 Å². The van der Waals surface area contributed by atoms with Crippen LogP contribution in [0.2, 0.25) is 0 Å². The highest BCUT2D eigenvalue weighted by Gasteiger charge is 2.61. The van der Waals surface area contributed by atoms with E-state index < -0.39 is 30.3 Å². The molecule has 96 valence electrons. The van der Waals surface area contributed by atoms with Crippen LogP contribution in [0.4, 0.5) is 26.3 Å². The Morgan fingerprint density at radius 1 is 0.875 bits per heavy atom. The highest BCUT2D eigenvalue weighted by molar-refractivity contribution is 4.88. The van der Waals surface area contributed by atoms with Crippen LogP contribution in [0, 0.1) is 11.8 Å². The van der Waals surface area contributed by atoms with E-state index >= 15 is 0 Å². The van der Waals surface area contributed by atoms with Gasteiger partial charge in [-0.3, -0.25) is 0 Å². The van der Waals surface area contributed by atoms with Gasteiger partial charge in [-0.2, -0.15) is 26.3 Å². The van der Waals surface area contributed by atoms with Crippen LogP contribution in [0.15, 0.2) is 0 Å². The second kappa shape index (κ2) is 4.43. The molecule has 1 rings (SSSR count). The predicted molar refractivity (Wildman–Crippen MR) is 43.6 cm³/mol. The largest absolute Gasteiger partial charge is 0.403 e. The number of aliphatic hydroxyl groups excluding tert-OH is 1. The van der Waals surface area contributed by atoms with E-state index in [4.69, 9.17) is 0 Å². The molecule has 0 aliphatic heterocycles. The third-order valence-electron chi connectivity index (χ3n) is 2.93. The zero-order valence-electron chi connectivity index (χ0n) is 8.28. The zero-order valence-corrected chi connectivity index (χ0v) is 8.28. The fourth-order valence-corrected chi connectivity index (χ4v) is 2.14. The summed E-state index contributed by atoms with van der Waals surface area (Å²) in [5.74, 6) is -4.52. The Hall–Kier alpha value is -0.460. The number of alkyl halides is 6. The molecule has 0 radical (unpaired) electrons. The third kappa shape index (κ3) is 3.02. The van der Waals surface area contributed by atoms with Crippen molar-refractivity contribution in [1.29, 1.82) is 0 Å². The molecule has 0 spiro atoms. The molecule has 0 aromatic rings. The number of halogens is 6. The molecule has 0 aromatic heterocycles. The van der Waals surface area contributed by atoms with E-state index in [2.05, 4.69) is 0 Å². The van der Waals surface area contributed by atoms with Crippen molar-refractivity contribution in [3.63, 3.8) is 0 Å². The quantitative estimate of drug-likeness (QED) is 0.746. The molecule has 0 saturated heterocycles. The summed E-state index contributed by atoms with van der Waals surface area (Å²) in [6.45, 7) is 0. The van der Waals surface area contributed by atoms with Gasteiger partial charge in [0, 0.05) is 0 Å². The molecule has 7 heteroatoms. The minimum absolute atomic E-state index is 0.226. The molecule has 16 heavy (non-hydrogen) atoms. The average molecular weight is 250 g/mol. The van der Waals surface area contributed by atoms with Gasteiger partial charge in [-0.1, -0.05) is 12.8 Å². The number of rotatable bonds is 2. The summed E-state index contributed by atoms with van der Waals surface area (Å²) in [4.78, 5) is 0. The van der Waals surface area contributed by atoms with Crippen LogP contribution in [-0.4, -0.2) is 23.6 Å². The van der Waals surface area contributed by atoms with Crippen LogP contribution >= 0.6 is 0 Å². The van der Waals surface area contributed by atoms with Crippen LogP contribution in [0.5, 0.6) is 0 Å². The monoisotopic (exact) mass is 250 g/mol. The molecule has 1 aliphatic rings. The van der Waals surface area contributed by atoms with E-state index in [1.54, 1.807) is 0 Å². The Labute approximate surface area is 88.4 Å². The van der Waals surface area contributed by atoms with Crippen LogP contribution in [0.1, 0.15) is 25.7 Å². The van der Waals surface area contributed by atoms with Crippen molar-refractivity contribution in [2.24, 2.45) is 11.8 Å². The summed E-state index contributed by atoms with van der Waals surface area (Å²) in [6, 6.07) is 0. The van der Waals surface area contributed by atoms with Gasteiger partial charge in [0.15, 0.2) is 5.92 Å². The van der Waals surface area contributed by atoms with E-state index in [0.717, 1.165) is 0 Å². The van der Waals surface area contributed by atoms with Crippen LogP contribution < -0.4 is 0 Å². The van der Waals surface area contributed by atoms with Gasteiger partial charge in [0.2, 0.25) is 0 Å². The Morgan fingerprint density at radius 2 is 1.25 bits per heavy atom. The maximum absolute atomic E-state index is 12.2. The van der Waals surface area contributed by atoms with Gasteiger partial charge in [-0.25, -0.2) is 0 Å². The molecule has 1 nitrogen and oxygen atoms in total. The van der Waals surface area contributed by atoms with Crippen molar-refractivity contribution in [2.75, 3.05) is 0 Å². The van der Waals surface area contributed by atoms with E-state index in [-0.39, 0.29) is 12.8 Å². The second-order valence-corrected chi connectivity index (χ2v) is 4.10. The molecule has 0 bridgehead atoms. The lowest BCUT2D eigenvalue weighted by atomic mass is 9.88. The molecule has 0 amide bonds. The molecule has 1 saturated carbocycles. The molecular formula is C9H12F6O. The van der Waals surface area contributed by atoms with E-state index in [1.165, 1.54) is 0 Å². The van der Waals surface area contributed by atoms with Gasteiger partial charge < -0.3 is 5.11 Å². The predicted octanol–water partition coefficient (Wildman–Crippen LogP) is 3.28. The first kappa shape index (κ1) is 13.6. The molecule has 0 heterocycles. The van der Waals surface area contributed by atoms with Crippen LogP contribution in [0.25, 0.3) is 0 Å². The van der Waals surface area contributed by atoms with Crippen LogP contribution in [0.3, 0.4) is 0 Å². The Bertz CT molecular complexity index is 213. The number of hydrogen-bond acceptors (Lipinski definition) is 1. The highest BCUT2D eigenvalue weighted by Crippen LogP contribution is 2.45. The van der Waals surface area contributed by atoms with E-state index in [9.17, 15) is 31.4 Å². The SMILES string of the molecule is OC(C1CCCC1)C(C(F)(F)F)C(F)(F)F. The van der Waals surface area contributed by atoms with Gasteiger partial charge in [0.05, 0.1) is 6.10 Å². The first-order chi connectivity index (χ1) is 7.14. The fraction of sp³-hybridized carbons (Fsp3) is 1.00. The first-order valence-electron chi connectivity index (χ1n) is 4.95. The maximum atomic E-state index is 12.2. The fourth-order valence-electron chi connectivity index (χ4n) is 2.14. The minimum Gasteiger partial charge on any atom is -0.392 e. The molecule has 1 N–H and O–H groups in total. The molecule has 1 unspecified atom stereocenters. The summed E-state index contributed by atoms with van der Waals surface area (Å²) >= 11 is 0. The van der Waals surface area contributed by atoms with Gasteiger partial charge in [0.1, 0.15) is 0 Å². The highest BCUT2D eigenvalue weighted by atomic mass is 19.4. The number of aliphatic hydroxyl groups is 1. The normalized spacial score (nSPS) is 21.8. The van der Waals surface area contributed by atoms with Crippen molar-refractivity contribution in [2.45, 2.75) is 44.1 Å². The molecule has 1 atom stereocenters. The van der Waals surface area contributed by atoms with Crippen molar-refractivity contribution >= 4 is 0 Å². The Kier molecular flexibility index (Phi) is 3.76. The summed E-state index contributed by atoms with van der Waals surface area (Å²) < 4.78 is 73.4. The van der Waals surface area contributed by atoms with Gasteiger partial charge in [0.25, 0.3) is 0 Å². The first-order valence-corrected chi connectivity index (χ1v) is 4.95. The average Bonchev–Trinajstić information content (AvgIpc) is 2.48. The minimum atomic E-state index is -5.44. The summed E-state index contributed by atoms with van der Waals surface area (Å²) in [6.07, 6.45) is -11.7. The second-order valence-electron chi connectivity index (χ2n) is 4.10. The lowest BCUT2D eigenvalue weighted by molar-refractivity contribution is -0.311. The zero-order chi connectivity index (χ0) is 12.6. The van der Waals surface area contributed by atoms with E-state index in [0.29, 0.717) is 12.8 Å². The summed E-state index contributed by atoms with van der Waals surface area (Å²) in [5.41, 5.74) is 0. The molecular weight excluding hydrogens is 238 g/mol. The molecule has 0 aromatic carbocycles. The van der Waals surface area contributed by atoms with Gasteiger partial charge >= 0.3 is 12.4 Å². The molecule has 1 aliphatic carbocycles. The smallest absolute Gasteiger partial charge is 0.392 e. The summed E-state index contributed by atoms with van der Waals surface area (Å²) in [5, 5.41) is 9.24. The van der Waals surface area contributed by atoms with Crippen molar-refractivity contribution in [3.8, 4) is 0 Å². The van der Waals surface area contributed by atoms with Crippen molar-refractivity contribution in [3.05, 3.63) is 0 Å². The lowest BCUT2D eigenvalue weighted by Gasteiger charge is -2.30. The van der Waals surface area contributed by atoms with Crippen molar-refractivity contribution < 1.29 is 31.4 Å². The standard InChI is InChI=1S/C9H12F6O/c10-8(11,12)7(9(13,14)15)6(16)5-3-1-2-4-5/h5-7,16H,1-4H2. The number of hydrogen-bond donors (Lipinski definition) is 1. The third-order valence-corrected chi connectivity index (χ3v) is 2.93. The Balaban J connectivity index is 2.84.